The number of rotatable bonds is 8. The van der Waals surface area contributed by atoms with E-state index in [-0.39, 0.29) is 24.6 Å². The van der Waals surface area contributed by atoms with Gasteiger partial charge in [-0.3, -0.25) is 9.10 Å². The minimum atomic E-state index is -3.61. The highest BCUT2D eigenvalue weighted by molar-refractivity contribution is 7.92. The van der Waals surface area contributed by atoms with Gasteiger partial charge in [0.1, 0.15) is 5.82 Å². The second kappa shape index (κ2) is 9.17. The van der Waals surface area contributed by atoms with Crippen LogP contribution in [0.1, 0.15) is 44.9 Å². The van der Waals surface area contributed by atoms with E-state index in [1.807, 2.05) is 0 Å². The topological polar surface area (TPSA) is 66.5 Å². The molecule has 1 fully saturated rings. The minimum absolute atomic E-state index is 0.0209. The molecule has 0 spiro atoms. The van der Waals surface area contributed by atoms with Gasteiger partial charge in [0.2, 0.25) is 15.9 Å². The zero-order valence-corrected chi connectivity index (χ0v) is 15.5. The largest absolute Gasteiger partial charge is 0.356 e. The number of nitrogens with zero attached hydrogens (tertiary/aromatic N) is 1. The molecule has 1 aromatic rings. The van der Waals surface area contributed by atoms with Crippen LogP contribution in [0.4, 0.5) is 10.1 Å². The van der Waals surface area contributed by atoms with Crippen molar-refractivity contribution in [1.29, 1.82) is 0 Å². The van der Waals surface area contributed by atoms with Crippen LogP contribution in [0.3, 0.4) is 0 Å². The molecule has 7 heteroatoms. The first-order valence-corrected chi connectivity index (χ1v) is 10.7. The molecule has 1 aromatic carbocycles. The van der Waals surface area contributed by atoms with E-state index in [1.165, 1.54) is 37.5 Å². The molecule has 0 bridgehead atoms. The Morgan fingerprint density at radius 3 is 2.56 bits per heavy atom. The van der Waals surface area contributed by atoms with Gasteiger partial charge < -0.3 is 5.32 Å². The first kappa shape index (κ1) is 19.7. The van der Waals surface area contributed by atoms with Crippen LogP contribution in [0.15, 0.2) is 24.3 Å². The highest BCUT2D eigenvalue weighted by atomic mass is 32.2. The Morgan fingerprint density at radius 2 is 1.92 bits per heavy atom. The van der Waals surface area contributed by atoms with Crippen molar-refractivity contribution in [3.8, 4) is 0 Å². The number of hydrogen-bond acceptors (Lipinski definition) is 3. The number of carbonyl (C=O) groups is 1. The monoisotopic (exact) mass is 370 g/mol. The summed E-state index contributed by atoms with van der Waals surface area (Å²) in [5, 5.41) is 2.94. The first-order chi connectivity index (χ1) is 11.9. The molecule has 140 valence electrons. The van der Waals surface area contributed by atoms with E-state index in [0.29, 0.717) is 18.9 Å². The van der Waals surface area contributed by atoms with Gasteiger partial charge in [-0.25, -0.2) is 12.8 Å². The summed E-state index contributed by atoms with van der Waals surface area (Å²) in [5.41, 5.74) is 0.0209. The summed E-state index contributed by atoms with van der Waals surface area (Å²) in [6, 6.07) is 5.76. The maximum absolute atomic E-state index is 13.9. The van der Waals surface area contributed by atoms with Crippen LogP contribution in [0, 0.1) is 11.7 Å². The Labute approximate surface area is 149 Å². The lowest BCUT2D eigenvalue weighted by Gasteiger charge is -2.23. The van der Waals surface area contributed by atoms with Gasteiger partial charge in [-0.1, -0.05) is 31.4 Å². The van der Waals surface area contributed by atoms with E-state index in [1.54, 1.807) is 6.07 Å². The van der Waals surface area contributed by atoms with Crippen LogP contribution in [0.25, 0.3) is 0 Å². The van der Waals surface area contributed by atoms with E-state index >= 15 is 0 Å². The van der Waals surface area contributed by atoms with Crippen molar-refractivity contribution in [2.75, 3.05) is 23.7 Å². The zero-order valence-electron chi connectivity index (χ0n) is 14.7. The summed E-state index contributed by atoms with van der Waals surface area (Å²) in [4.78, 5) is 12.0. The normalized spacial score (nSPS) is 15.8. The zero-order chi connectivity index (χ0) is 18.3. The molecule has 2 rings (SSSR count). The summed E-state index contributed by atoms with van der Waals surface area (Å²) < 4.78 is 38.8. The molecule has 0 aromatic heterocycles. The van der Waals surface area contributed by atoms with Gasteiger partial charge in [0.15, 0.2) is 0 Å². The fourth-order valence-corrected chi connectivity index (χ4v) is 4.21. The number of hydrogen-bond donors (Lipinski definition) is 1. The Balaban J connectivity index is 1.82. The fourth-order valence-electron chi connectivity index (χ4n) is 3.24. The summed E-state index contributed by atoms with van der Waals surface area (Å²) in [5.74, 6) is -0.106. The van der Waals surface area contributed by atoms with Crippen molar-refractivity contribution in [2.45, 2.75) is 44.9 Å². The van der Waals surface area contributed by atoms with Crippen LogP contribution in [0.5, 0.6) is 0 Å². The number of halogens is 1. The van der Waals surface area contributed by atoms with E-state index in [4.69, 9.17) is 0 Å². The Kier molecular flexibility index (Phi) is 7.23. The molecule has 5 nitrogen and oxygen atoms in total. The quantitative estimate of drug-likeness (QED) is 0.765. The van der Waals surface area contributed by atoms with Gasteiger partial charge in [-0.2, -0.15) is 0 Å². The second-order valence-corrected chi connectivity index (χ2v) is 8.61. The molecule has 0 saturated heterocycles. The molecule has 0 atom stereocenters. The van der Waals surface area contributed by atoms with E-state index in [0.717, 1.165) is 23.4 Å². The Bertz CT molecular complexity index is 673. The maximum atomic E-state index is 13.9. The highest BCUT2D eigenvalue weighted by Crippen LogP contribution is 2.23. The fraction of sp³-hybridized carbons (Fsp3) is 0.611. The van der Waals surface area contributed by atoms with Crippen LogP contribution in [-0.4, -0.2) is 33.7 Å². The molecule has 25 heavy (non-hydrogen) atoms. The third-order valence-corrected chi connectivity index (χ3v) is 5.78. The smallest absolute Gasteiger partial charge is 0.232 e. The third-order valence-electron chi connectivity index (χ3n) is 4.60. The number of carbonyl (C=O) groups excluding carboxylic acids is 1. The Hall–Kier alpha value is -1.63. The lowest BCUT2D eigenvalue weighted by molar-refractivity contribution is -0.121. The summed E-state index contributed by atoms with van der Waals surface area (Å²) in [7, 11) is -3.61. The third kappa shape index (κ3) is 6.30. The van der Waals surface area contributed by atoms with Gasteiger partial charge in [-0.05, 0) is 37.3 Å². The van der Waals surface area contributed by atoms with Gasteiger partial charge in [0, 0.05) is 19.5 Å². The van der Waals surface area contributed by atoms with Crippen LogP contribution >= 0.6 is 0 Å². The Morgan fingerprint density at radius 1 is 1.24 bits per heavy atom. The molecule has 0 radical (unpaired) electrons. The number of para-hydroxylation sites is 1. The van der Waals surface area contributed by atoms with Crippen molar-refractivity contribution in [2.24, 2.45) is 5.92 Å². The van der Waals surface area contributed by atoms with Gasteiger partial charge >= 0.3 is 0 Å². The van der Waals surface area contributed by atoms with Crippen LogP contribution < -0.4 is 9.62 Å². The molecule has 1 aliphatic carbocycles. The average molecular weight is 370 g/mol. The molecule has 1 amide bonds. The van der Waals surface area contributed by atoms with E-state index in [2.05, 4.69) is 5.32 Å². The summed E-state index contributed by atoms with van der Waals surface area (Å²) in [6.45, 7) is 0.776. The molecular formula is C18H27FN2O3S. The SMILES string of the molecule is CS(=O)(=O)N(CCCC(=O)NCC1CCCCC1)c1ccccc1F. The molecule has 1 saturated carbocycles. The van der Waals surface area contributed by atoms with Crippen molar-refractivity contribution in [3.63, 3.8) is 0 Å². The van der Waals surface area contributed by atoms with Crippen molar-refractivity contribution in [3.05, 3.63) is 30.1 Å². The number of sulfonamides is 1. The highest BCUT2D eigenvalue weighted by Gasteiger charge is 2.20. The van der Waals surface area contributed by atoms with Crippen molar-refractivity contribution < 1.29 is 17.6 Å². The standard InChI is InChI=1S/C18H27FN2O3S/c1-25(23,24)21(17-11-6-5-10-16(17)19)13-7-12-18(22)20-14-15-8-3-2-4-9-15/h5-6,10-11,15H,2-4,7-9,12-14H2,1H3,(H,20,22). The lowest BCUT2D eigenvalue weighted by Crippen LogP contribution is -2.33. The maximum Gasteiger partial charge on any atom is 0.232 e. The second-order valence-electron chi connectivity index (χ2n) is 6.70. The molecule has 0 heterocycles. The van der Waals surface area contributed by atoms with E-state index < -0.39 is 15.8 Å². The number of nitrogens with one attached hydrogen (secondary N) is 1. The number of amides is 1. The predicted molar refractivity (Wildman–Crippen MR) is 97.4 cm³/mol. The number of benzene rings is 1. The van der Waals surface area contributed by atoms with Gasteiger partial charge in [0.25, 0.3) is 0 Å². The molecule has 1 N–H and O–H groups in total. The van der Waals surface area contributed by atoms with Gasteiger partial charge in [-0.15, -0.1) is 0 Å². The van der Waals surface area contributed by atoms with Crippen molar-refractivity contribution in [1.82, 2.24) is 5.32 Å². The summed E-state index contributed by atoms with van der Waals surface area (Å²) in [6.07, 6.45) is 7.68. The first-order valence-electron chi connectivity index (χ1n) is 8.87. The van der Waals surface area contributed by atoms with Crippen LogP contribution in [-0.2, 0) is 14.8 Å². The predicted octanol–water partition coefficient (Wildman–Crippen LogP) is 3.07. The van der Waals surface area contributed by atoms with E-state index in [9.17, 15) is 17.6 Å². The average Bonchev–Trinajstić information content (AvgIpc) is 2.58. The lowest BCUT2D eigenvalue weighted by atomic mass is 9.89. The minimum Gasteiger partial charge on any atom is -0.356 e. The van der Waals surface area contributed by atoms with Crippen LogP contribution in [0.2, 0.25) is 0 Å². The molecular weight excluding hydrogens is 343 g/mol. The molecule has 0 aliphatic heterocycles. The summed E-state index contributed by atoms with van der Waals surface area (Å²) >= 11 is 0. The van der Waals surface area contributed by atoms with Gasteiger partial charge in [0.05, 0.1) is 11.9 Å². The van der Waals surface area contributed by atoms with Crippen molar-refractivity contribution >= 4 is 21.6 Å². The number of anilines is 1. The molecule has 1 aliphatic rings. The molecule has 0 unspecified atom stereocenters.